The van der Waals surface area contributed by atoms with E-state index in [1.165, 1.54) is 12.1 Å². The van der Waals surface area contributed by atoms with Gasteiger partial charge in [0.05, 0.1) is 23.4 Å². The molecule has 0 unspecified atom stereocenters. The normalized spacial score (nSPS) is 11.3. The van der Waals surface area contributed by atoms with Crippen LogP contribution in [0.4, 0.5) is 36.4 Å². The van der Waals surface area contributed by atoms with Gasteiger partial charge in [-0.05, 0) is 62.4 Å². The van der Waals surface area contributed by atoms with Crippen LogP contribution in [-0.4, -0.2) is 52.5 Å². The van der Waals surface area contributed by atoms with Crippen LogP contribution >= 0.6 is 0 Å². The van der Waals surface area contributed by atoms with E-state index in [2.05, 4.69) is 25.7 Å². The molecule has 0 aliphatic rings. The standard InChI is InChI=1S/C22H23N7O3S.C2HF3O2/c1-14-15(2)28-29(17-7-9-18(32-3)10-8-17)21(14)26-20-11-12-24-22(27-20)25-16-5-4-6-19(13-16)33(23,30)31;3-2(4,5)1(6)7/h4-13H,1-3H3,(H2,23,30,31)(H2,24,25,26,27);(H,6,7). The lowest BCUT2D eigenvalue weighted by Crippen LogP contribution is -2.21. The number of nitrogens with zero attached hydrogens (tertiary/aromatic N) is 4. The molecular formula is C24H24F3N7O5S. The lowest BCUT2D eigenvalue weighted by molar-refractivity contribution is -0.192. The largest absolute Gasteiger partial charge is 0.497 e. The van der Waals surface area contributed by atoms with Gasteiger partial charge in [0.1, 0.15) is 17.4 Å². The van der Waals surface area contributed by atoms with Crippen LogP contribution in [0, 0.1) is 13.8 Å². The molecule has 0 bridgehead atoms. The van der Waals surface area contributed by atoms with Crippen molar-refractivity contribution in [3.8, 4) is 11.4 Å². The van der Waals surface area contributed by atoms with Gasteiger partial charge in [-0.1, -0.05) is 6.07 Å². The fourth-order valence-electron chi connectivity index (χ4n) is 3.15. The van der Waals surface area contributed by atoms with Crippen molar-refractivity contribution in [3.05, 3.63) is 72.1 Å². The van der Waals surface area contributed by atoms with Crippen LogP contribution < -0.4 is 20.5 Å². The Morgan fingerprint density at radius 2 is 1.73 bits per heavy atom. The third-order valence-corrected chi connectivity index (χ3v) is 6.15. The number of methoxy groups -OCH3 is 1. The number of hydrogen-bond acceptors (Lipinski definition) is 9. The van der Waals surface area contributed by atoms with E-state index >= 15 is 0 Å². The van der Waals surface area contributed by atoms with E-state index in [1.54, 1.807) is 36.2 Å². The number of sulfonamides is 1. The molecule has 40 heavy (non-hydrogen) atoms. The molecule has 2 heterocycles. The fraction of sp³-hybridized carbons (Fsp3) is 0.167. The number of hydrogen-bond donors (Lipinski definition) is 4. The average Bonchev–Trinajstić information content (AvgIpc) is 3.17. The second-order valence-electron chi connectivity index (χ2n) is 8.06. The number of benzene rings is 2. The minimum atomic E-state index is -5.08. The lowest BCUT2D eigenvalue weighted by Gasteiger charge is -2.12. The van der Waals surface area contributed by atoms with Gasteiger partial charge in [0.15, 0.2) is 0 Å². The highest BCUT2D eigenvalue weighted by molar-refractivity contribution is 7.89. The van der Waals surface area contributed by atoms with E-state index in [1.807, 2.05) is 38.1 Å². The number of carboxylic acid groups (broad SMARTS) is 1. The molecule has 0 saturated carbocycles. The first-order chi connectivity index (χ1) is 18.7. The van der Waals surface area contributed by atoms with E-state index < -0.39 is 22.2 Å². The molecule has 212 valence electrons. The summed E-state index contributed by atoms with van der Waals surface area (Å²) in [6.07, 6.45) is -3.49. The summed E-state index contributed by atoms with van der Waals surface area (Å²) in [5.41, 5.74) is 3.20. The Hall–Kier alpha value is -4.70. The molecule has 5 N–H and O–H groups in total. The van der Waals surface area contributed by atoms with Gasteiger partial charge in [-0.25, -0.2) is 28.0 Å². The van der Waals surface area contributed by atoms with Crippen molar-refractivity contribution < 1.29 is 36.2 Å². The maximum Gasteiger partial charge on any atom is 0.490 e. The van der Waals surface area contributed by atoms with Gasteiger partial charge >= 0.3 is 12.1 Å². The number of aryl methyl sites for hydroxylation is 1. The number of anilines is 4. The highest BCUT2D eigenvalue weighted by Crippen LogP contribution is 2.27. The first kappa shape index (κ1) is 29.9. The summed E-state index contributed by atoms with van der Waals surface area (Å²) in [6, 6.07) is 15.4. The summed E-state index contributed by atoms with van der Waals surface area (Å²) in [4.78, 5) is 17.6. The fourth-order valence-corrected chi connectivity index (χ4v) is 3.71. The van der Waals surface area contributed by atoms with E-state index in [0.29, 0.717) is 11.5 Å². The van der Waals surface area contributed by atoms with Gasteiger partial charge in [-0.15, -0.1) is 0 Å². The van der Waals surface area contributed by atoms with E-state index in [0.717, 1.165) is 28.5 Å². The first-order valence-corrected chi connectivity index (χ1v) is 12.7. The van der Waals surface area contributed by atoms with Crippen molar-refractivity contribution in [2.75, 3.05) is 17.7 Å². The summed E-state index contributed by atoms with van der Waals surface area (Å²) in [7, 11) is -2.19. The lowest BCUT2D eigenvalue weighted by atomic mass is 10.2. The van der Waals surface area contributed by atoms with Gasteiger partial charge in [0.25, 0.3) is 0 Å². The van der Waals surface area contributed by atoms with Gasteiger partial charge in [0.2, 0.25) is 16.0 Å². The zero-order chi connectivity index (χ0) is 29.7. The third kappa shape index (κ3) is 7.67. The van der Waals surface area contributed by atoms with Crippen molar-refractivity contribution >= 4 is 39.3 Å². The minimum absolute atomic E-state index is 0.00345. The molecular weight excluding hydrogens is 555 g/mol. The molecule has 0 spiro atoms. The molecule has 0 aliphatic carbocycles. The van der Waals surface area contributed by atoms with Crippen molar-refractivity contribution in [2.45, 2.75) is 24.9 Å². The van der Waals surface area contributed by atoms with E-state index in [4.69, 9.17) is 19.8 Å². The van der Waals surface area contributed by atoms with Crippen LogP contribution in [0.1, 0.15) is 11.3 Å². The van der Waals surface area contributed by atoms with E-state index in [-0.39, 0.29) is 10.8 Å². The Balaban J connectivity index is 0.000000559. The molecule has 0 amide bonds. The Bertz CT molecular complexity index is 1610. The number of aliphatic carboxylic acids is 1. The number of primary sulfonamides is 1. The van der Waals surface area contributed by atoms with Crippen LogP contribution in [0.15, 0.2) is 65.7 Å². The van der Waals surface area contributed by atoms with Gasteiger partial charge in [-0.3, -0.25) is 0 Å². The zero-order valence-electron chi connectivity index (χ0n) is 21.3. The summed E-state index contributed by atoms with van der Waals surface area (Å²) < 4.78 is 62.0. The monoisotopic (exact) mass is 579 g/mol. The first-order valence-electron chi connectivity index (χ1n) is 11.2. The quantitative estimate of drug-likeness (QED) is 0.250. The van der Waals surface area contributed by atoms with Crippen LogP contribution in [-0.2, 0) is 14.8 Å². The number of nitrogens with two attached hydrogens (primary N) is 1. The third-order valence-electron chi connectivity index (χ3n) is 5.24. The summed E-state index contributed by atoms with van der Waals surface area (Å²) in [6.45, 7) is 3.91. The van der Waals surface area contributed by atoms with Crippen molar-refractivity contribution in [1.29, 1.82) is 0 Å². The number of nitrogens with one attached hydrogen (secondary N) is 2. The van der Waals surface area contributed by atoms with Crippen LogP contribution in [0.2, 0.25) is 0 Å². The molecule has 0 aliphatic heterocycles. The molecule has 0 fully saturated rings. The maximum absolute atomic E-state index is 11.6. The van der Waals surface area contributed by atoms with Crippen LogP contribution in [0.5, 0.6) is 5.75 Å². The maximum atomic E-state index is 11.6. The molecule has 0 atom stereocenters. The number of carbonyl (C=O) groups is 1. The van der Waals surface area contributed by atoms with Crippen LogP contribution in [0.3, 0.4) is 0 Å². The number of carboxylic acids is 1. The molecule has 12 nitrogen and oxygen atoms in total. The Kier molecular flexibility index (Phi) is 8.95. The Morgan fingerprint density at radius 1 is 1.07 bits per heavy atom. The number of alkyl halides is 3. The van der Waals surface area contributed by atoms with Gasteiger partial charge in [-0.2, -0.15) is 23.3 Å². The van der Waals surface area contributed by atoms with Gasteiger partial charge < -0.3 is 20.5 Å². The van der Waals surface area contributed by atoms with Crippen molar-refractivity contribution in [1.82, 2.24) is 19.7 Å². The molecule has 2 aromatic heterocycles. The van der Waals surface area contributed by atoms with Crippen molar-refractivity contribution in [3.63, 3.8) is 0 Å². The number of rotatable bonds is 7. The second-order valence-corrected chi connectivity index (χ2v) is 9.62. The highest BCUT2D eigenvalue weighted by Gasteiger charge is 2.38. The summed E-state index contributed by atoms with van der Waals surface area (Å²) in [5.74, 6) is -0.415. The zero-order valence-corrected chi connectivity index (χ0v) is 22.1. The molecule has 4 aromatic rings. The predicted octanol–water partition coefficient (Wildman–Crippen LogP) is 4.06. The molecule has 0 saturated heterocycles. The smallest absolute Gasteiger partial charge is 0.490 e. The molecule has 16 heteroatoms. The predicted molar refractivity (Wildman–Crippen MR) is 140 cm³/mol. The number of aromatic nitrogens is 4. The number of ether oxygens (including phenoxy) is 1. The highest BCUT2D eigenvalue weighted by atomic mass is 32.2. The summed E-state index contributed by atoms with van der Waals surface area (Å²) in [5, 5.41) is 23.3. The van der Waals surface area contributed by atoms with Crippen molar-refractivity contribution in [2.24, 2.45) is 5.14 Å². The topological polar surface area (TPSA) is 174 Å². The van der Waals surface area contributed by atoms with Crippen LogP contribution in [0.25, 0.3) is 5.69 Å². The van der Waals surface area contributed by atoms with E-state index in [9.17, 15) is 21.6 Å². The van der Waals surface area contributed by atoms with Gasteiger partial charge in [0, 0.05) is 17.4 Å². The SMILES string of the molecule is COc1ccc(-n2nc(C)c(C)c2Nc2ccnc(Nc3cccc(S(N)(=O)=O)c3)n2)cc1.O=C(O)C(F)(F)F. The Morgan fingerprint density at radius 3 is 2.30 bits per heavy atom. The molecule has 2 aromatic carbocycles. The minimum Gasteiger partial charge on any atom is -0.497 e. The Labute approximate surface area is 226 Å². The summed E-state index contributed by atoms with van der Waals surface area (Å²) >= 11 is 0. The molecule has 0 radical (unpaired) electrons. The number of halogens is 3. The average molecular weight is 580 g/mol. The molecule has 4 rings (SSSR count). The second kappa shape index (κ2) is 12.0.